The van der Waals surface area contributed by atoms with Crippen molar-refractivity contribution >= 4 is 5.91 Å². The third kappa shape index (κ3) is 4.19. The minimum absolute atomic E-state index is 0.0232. The SMILES string of the molecule is CC[C@H](C)NC(=O)C[C@H](N)c1ccccc1C. The average Bonchev–Trinajstić information content (AvgIpc) is 2.29. The van der Waals surface area contributed by atoms with Crippen LogP contribution in [0.15, 0.2) is 24.3 Å². The highest BCUT2D eigenvalue weighted by molar-refractivity contribution is 5.77. The molecule has 0 saturated heterocycles. The molecule has 0 aliphatic rings. The lowest BCUT2D eigenvalue weighted by molar-refractivity contribution is -0.122. The second kappa shape index (κ2) is 6.40. The Morgan fingerprint density at radius 3 is 2.65 bits per heavy atom. The number of nitrogens with one attached hydrogen (secondary N) is 1. The molecule has 3 heteroatoms. The second-order valence-corrected chi connectivity index (χ2v) is 4.54. The zero-order chi connectivity index (χ0) is 12.8. The predicted molar refractivity (Wildman–Crippen MR) is 70.6 cm³/mol. The van der Waals surface area contributed by atoms with Crippen molar-refractivity contribution in [1.82, 2.24) is 5.32 Å². The molecule has 1 rings (SSSR count). The molecule has 17 heavy (non-hydrogen) atoms. The molecule has 0 heterocycles. The van der Waals surface area contributed by atoms with Crippen LogP contribution >= 0.6 is 0 Å². The molecular formula is C14H22N2O. The molecule has 0 saturated carbocycles. The summed E-state index contributed by atoms with van der Waals surface area (Å²) in [5.41, 5.74) is 8.24. The van der Waals surface area contributed by atoms with E-state index in [1.54, 1.807) is 0 Å². The maximum atomic E-state index is 11.7. The Morgan fingerprint density at radius 2 is 2.06 bits per heavy atom. The minimum Gasteiger partial charge on any atom is -0.354 e. The van der Waals surface area contributed by atoms with Gasteiger partial charge in [0.1, 0.15) is 0 Å². The van der Waals surface area contributed by atoms with Gasteiger partial charge in [0.05, 0.1) is 0 Å². The first-order chi connectivity index (χ1) is 8.04. The molecule has 0 fully saturated rings. The highest BCUT2D eigenvalue weighted by Gasteiger charge is 2.14. The highest BCUT2D eigenvalue weighted by Crippen LogP contribution is 2.17. The molecule has 0 unspecified atom stereocenters. The number of amides is 1. The normalized spacial score (nSPS) is 14.1. The quantitative estimate of drug-likeness (QED) is 0.821. The van der Waals surface area contributed by atoms with Crippen LogP contribution in [0.3, 0.4) is 0 Å². The fraction of sp³-hybridized carbons (Fsp3) is 0.500. The number of hydrogen-bond acceptors (Lipinski definition) is 2. The molecule has 0 bridgehead atoms. The molecule has 2 atom stereocenters. The summed E-state index contributed by atoms with van der Waals surface area (Å²) < 4.78 is 0. The van der Waals surface area contributed by atoms with E-state index >= 15 is 0 Å². The van der Waals surface area contributed by atoms with Gasteiger partial charge in [-0.2, -0.15) is 0 Å². The van der Waals surface area contributed by atoms with E-state index in [2.05, 4.69) is 5.32 Å². The first kappa shape index (κ1) is 13.7. The Kier molecular flexibility index (Phi) is 5.16. The fourth-order valence-corrected chi connectivity index (χ4v) is 1.75. The molecule has 1 amide bonds. The number of rotatable bonds is 5. The number of carbonyl (C=O) groups is 1. The Morgan fingerprint density at radius 1 is 1.41 bits per heavy atom. The highest BCUT2D eigenvalue weighted by atomic mass is 16.1. The topological polar surface area (TPSA) is 55.1 Å². The van der Waals surface area contributed by atoms with Gasteiger partial charge in [-0.15, -0.1) is 0 Å². The van der Waals surface area contributed by atoms with Crippen molar-refractivity contribution in [1.29, 1.82) is 0 Å². The Bertz CT molecular complexity index is 376. The van der Waals surface area contributed by atoms with E-state index in [1.165, 1.54) is 0 Å². The number of aryl methyl sites for hydroxylation is 1. The van der Waals surface area contributed by atoms with E-state index < -0.39 is 0 Å². The van der Waals surface area contributed by atoms with Crippen molar-refractivity contribution < 1.29 is 4.79 Å². The molecule has 3 nitrogen and oxygen atoms in total. The molecule has 0 aliphatic carbocycles. The van der Waals surface area contributed by atoms with Gasteiger partial charge in [0, 0.05) is 18.5 Å². The van der Waals surface area contributed by atoms with Gasteiger partial charge in [-0.1, -0.05) is 31.2 Å². The molecule has 1 aromatic rings. The van der Waals surface area contributed by atoms with E-state index in [9.17, 15) is 4.79 Å². The summed E-state index contributed by atoms with van der Waals surface area (Å²) in [4.78, 5) is 11.7. The monoisotopic (exact) mass is 234 g/mol. The predicted octanol–water partition coefficient (Wildman–Crippen LogP) is 2.30. The molecule has 1 aromatic carbocycles. The van der Waals surface area contributed by atoms with Crippen molar-refractivity contribution in [3.63, 3.8) is 0 Å². The zero-order valence-electron chi connectivity index (χ0n) is 10.9. The van der Waals surface area contributed by atoms with Crippen LogP contribution in [0.2, 0.25) is 0 Å². The van der Waals surface area contributed by atoms with Crippen LogP contribution in [-0.2, 0) is 4.79 Å². The van der Waals surface area contributed by atoms with Gasteiger partial charge in [-0.25, -0.2) is 0 Å². The van der Waals surface area contributed by atoms with Gasteiger partial charge in [-0.05, 0) is 31.4 Å². The van der Waals surface area contributed by atoms with Gasteiger partial charge in [-0.3, -0.25) is 4.79 Å². The Balaban J connectivity index is 2.58. The van der Waals surface area contributed by atoms with Crippen LogP contribution in [0.25, 0.3) is 0 Å². The summed E-state index contributed by atoms with van der Waals surface area (Å²) in [6.07, 6.45) is 1.28. The standard InChI is InChI=1S/C14H22N2O/c1-4-11(3)16-14(17)9-13(15)12-8-6-5-7-10(12)2/h5-8,11,13H,4,9,15H2,1-3H3,(H,16,17)/t11-,13-/m0/s1. The molecular weight excluding hydrogens is 212 g/mol. The summed E-state index contributed by atoms with van der Waals surface area (Å²) in [5.74, 6) is 0.0232. The summed E-state index contributed by atoms with van der Waals surface area (Å²) >= 11 is 0. The van der Waals surface area contributed by atoms with Crippen molar-refractivity contribution in [3.8, 4) is 0 Å². The van der Waals surface area contributed by atoms with E-state index in [0.717, 1.165) is 17.5 Å². The van der Waals surface area contributed by atoms with Crippen LogP contribution in [0.1, 0.15) is 43.9 Å². The van der Waals surface area contributed by atoms with Crippen LogP contribution in [0.4, 0.5) is 0 Å². The minimum atomic E-state index is -0.222. The molecule has 0 aliphatic heterocycles. The maximum absolute atomic E-state index is 11.7. The average molecular weight is 234 g/mol. The van der Waals surface area contributed by atoms with Crippen LogP contribution in [0, 0.1) is 6.92 Å². The lowest BCUT2D eigenvalue weighted by atomic mass is 9.99. The smallest absolute Gasteiger partial charge is 0.222 e. The number of carbonyl (C=O) groups excluding carboxylic acids is 1. The van der Waals surface area contributed by atoms with Gasteiger partial charge in [0.2, 0.25) is 5.91 Å². The molecule has 0 aromatic heterocycles. The van der Waals surface area contributed by atoms with Crippen LogP contribution in [0.5, 0.6) is 0 Å². The van der Waals surface area contributed by atoms with Gasteiger partial charge in [0.15, 0.2) is 0 Å². The number of benzene rings is 1. The summed E-state index contributed by atoms with van der Waals surface area (Å²) in [7, 11) is 0. The first-order valence-corrected chi connectivity index (χ1v) is 6.15. The van der Waals surface area contributed by atoms with E-state index in [0.29, 0.717) is 6.42 Å². The molecule has 3 N–H and O–H groups in total. The summed E-state index contributed by atoms with van der Waals surface area (Å²) in [6, 6.07) is 7.92. The van der Waals surface area contributed by atoms with E-state index in [4.69, 9.17) is 5.73 Å². The number of hydrogen-bond donors (Lipinski definition) is 2. The van der Waals surface area contributed by atoms with Crippen LogP contribution in [-0.4, -0.2) is 11.9 Å². The zero-order valence-corrected chi connectivity index (χ0v) is 10.9. The Labute approximate surface area is 103 Å². The Hall–Kier alpha value is -1.35. The van der Waals surface area contributed by atoms with Crippen molar-refractivity contribution in [3.05, 3.63) is 35.4 Å². The van der Waals surface area contributed by atoms with Gasteiger partial charge >= 0.3 is 0 Å². The third-order valence-electron chi connectivity index (χ3n) is 3.01. The molecule has 94 valence electrons. The van der Waals surface area contributed by atoms with E-state index in [-0.39, 0.29) is 18.0 Å². The van der Waals surface area contributed by atoms with Gasteiger partial charge < -0.3 is 11.1 Å². The third-order valence-corrected chi connectivity index (χ3v) is 3.01. The van der Waals surface area contributed by atoms with Crippen molar-refractivity contribution in [2.45, 2.75) is 45.7 Å². The fourth-order valence-electron chi connectivity index (χ4n) is 1.75. The first-order valence-electron chi connectivity index (χ1n) is 6.15. The molecule has 0 spiro atoms. The van der Waals surface area contributed by atoms with Crippen molar-refractivity contribution in [2.24, 2.45) is 5.73 Å². The lowest BCUT2D eigenvalue weighted by Crippen LogP contribution is -2.34. The van der Waals surface area contributed by atoms with E-state index in [1.807, 2.05) is 45.0 Å². The molecule has 0 radical (unpaired) electrons. The van der Waals surface area contributed by atoms with Crippen LogP contribution < -0.4 is 11.1 Å². The second-order valence-electron chi connectivity index (χ2n) is 4.54. The summed E-state index contributed by atoms with van der Waals surface area (Å²) in [5, 5.41) is 2.93. The number of nitrogens with two attached hydrogens (primary N) is 1. The lowest BCUT2D eigenvalue weighted by Gasteiger charge is -2.16. The van der Waals surface area contributed by atoms with Gasteiger partial charge in [0.25, 0.3) is 0 Å². The van der Waals surface area contributed by atoms with Crippen molar-refractivity contribution in [2.75, 3.05) is 0 Å². The largest absolute Gasteiger partial charge is 0.354 e. The summed E-state index contributed by atoms with van der Waals surface area (Å²) in [6.45, 7) is 6.06. The maximum Gasteiger partial charge on any atom is 0.222 e.